The van der Waals surface area contributed by atoms with E-state index in [4.69, 9.17) is 9.47 Å². The molecule has 1 aromatic carbocycles. The van der Waals surface area contributed by atoms with Crippen molar-refractivity contribution in [1.29, 1.82) is 0 Å². The SMILES string of the molecule is CCOCCNC(C)c1ccc(OC(C)C)cc1. The Morgan fingerprint density at radius 2 is 1.78 bits per heavy atom. The van der Waals surface area contributed by atoms with Crippen LogP contribution in [0, 0.1) is 0 Å². The Labute approximate surface area is 110 Å². The minimum Gasteiger partial charge on any atom is -0.491 e. The third kappa shape index (κ3) is 5.52. The van der Waals surface area contributed by atoms with Crippen LogP contribution in [0.3, 0.4) is 0 Å². The van der Waals surface area contributed by atoms with E-state index in [1.807, 2.05) is 32.9 Å². The van der Waals surface area contributed by atoms with E-state index >= 15 is 0 Å². The van der Waals surface area contributed by atoms with Gasteiger partial charge < -0.3 is 14.8 Å². The summed E-state index contributed by atoms with van der Waals surface area (Å²) < 4.78 is 10.9. The van der Waals surface area contributed by atoms with Crippen molar-refractivity contribution in [1.82, 2.24) is 5.32 Å². The molecule has 0 radical (unpaired) electrons. The standard InChI is InChI=1S/C15H25NO2/c1-5-17-11-10-16-13(4)14-6-8-15(9-7-14)18-12(2)3/h6-9,12-13,16H,5,10-11H2,1-4H3. The van der Waals surface area contributed by atoms with E-state index in [-0.39, 0.29) is 6.10 Å². The molecule has 0 bridgehead atoms. The van der Waals surface area contributed by atoms with E-state index in [2.05, 4.69) is 24.4 Å². The van der Waals surface area contributed by atoms with Crippen molar-refractivity contribution in [2.24, 2.45) is 0 Å². The van der Waals surface area contributed by atoms with Gasteiger partial charge in [-0.25, -0.2) is 0 Å². The van der Waals surface area contributed by atoms with E-state index in [1.54, 1.807) is 0 Å². The van der Waals surface area contributed by atoms with Crippen molar-refractivity contribution in [3.63, 3.8) is 0 Å². The number of hydrogen-bond acceptors (Lipinski definition) is 3. The van der Waals surface area contributed by atoms with Crippen molar-refractivity contribution in [3.8, 4) is 5.75 Å². The van der Waals surface area contributed by atoms with Crippen molar-refractivity contribution in [2.45, 2.75) is 39.8 Å². The quantitative estimate of drug-likeness (QED) is 0.720. The molecule has 0 saturated heterocycles. The van der Waals surface area contributed by atoms with Gasteiger partial charge in [-0.2, -0.15) is 0 Å². The van der Waals surface area contributed by atoms with Gasteiger partial charge in [0.1, 0.15) is 5.75 Å². The van der Waals surface area contributed by atoms with Gasteiger partial charge in [0.05, 0.1) is 12.7 Å². The third-order valence-electron chi connectivity index (χ3n) is 2.65. The lowest BCUT2D eigenvalue weighted by Crippen LogP contribution is -2.23. The molecule has 1 N–H and O–H groups in total. The van der Waals surface area contributed by atoms with Crippen molar-refractivity contribution < 1.29 is 9.47 Å². The molecule has 1 aromatic rings. The first kappa shape index (κ1) is 15.0. The first-order valence-corrected chi connectivity index (χ1v) is 6.71. The Bertz CT molecular complexity index is 322. The molecule has 0 spiro atoms. The summed E-state index contributed by atoms with van der Waals surface area (Å²) in [4.78, 5) is 0. The highest BCUT2D eigenvalue weighted by Gasteiger charge is 2.05. The zero-order valence-electron chi connectivity index (χ0n) is 11.9. The smallest absolute Gasteiger partial charge is 0.119 e. The van der Waals surface area contributed by atoms with E-state index in [0.29, 0.717) is 6.04 Å². The summed E-state index contributed by atoms with van der Waals surface area (Å²) in [5, 5.41) is 3.43. The number of benzene rings is 1. The molecule has 1 atom stereocenters. The Hall–Kier alpha value is -1.06. The maximum absolute atomic E-state index is 5.62. The predicted molar refractivity (Wildman–Crippen MR) is 75.1 cm³/mol. The average molecular weight is 251 g/mol. The fourth-order valence-electron chi connectivity index (χ4n) is 1.72. The maximum atomic E-state index is 5.62. The second kappa shape index (κ2) is 8.11. The van der Waals surface area contributed by atoms with Gasteiger partial charge >= 0.3 is 0 Å². The highest BCUT2D eigenvalue weighted by atomic mass is 16.5. The fraction of sp³-hybridized carbons (Fsp3) is 0.600. The van der Waals surface area contributed by atoms with Gasteiger partial charge in [0.15, 0.2) is 0 Å². The fourth-order valence-corrected chi connectivity index (χ4v) is 1.72. The van der Waals surface area contributed by atoms with E-state index in [1.165, 1.54) is 5.56 Å². The number of ether oxygens (including phenoxy) is 2. The molecule has 1 unspecified atom stereocenters. The molecule has 3 heteroatoms. The lowest BCUT2D eigenvalue weighted by molar-refractivity contribution is 0.147. The van der Waals surface area contributed by atoms with Crippen molar-refractivity contribution >= 4 is 0 Å². The largest absolute Gasteiger partial charge is 0.491 e. The van der Waals surface area contributed by atoms with Crippen molar-refractivity contribution in [2.75, 3.05) is 19.8 Å². The Morgan fingerprint density at radius 3 is 2.33 bits per heavy atom. The Kier molecular flexibility index (Phi) is 6.76. The van der Waals surface area contributed by atoms with Crippen LogP contribution in [0.5, 0.6) is 5.75 Å². The van der Waals surface area contributed by atoms with Crippen LogP contribution in [0.25, 0.3) is 0 Å². The van der Waals surface area contributed by atoms with Gasteiger partial charge in [-0.3, -0.25) is 0 Å². The van der Waals surface area contributed by atoms with Crippen molar-refractivity contribution in [3.05, 3.63) is 29.8 Å². The van der Waals surface area contributed by atoms with Gasteiger partial charge in [-0.05, 0) is 45.4 Å². The molecule has 0 heterocycles. The molecule has 0 fully saturated rings. The summed E-state index contributed by atoms with van der Waals surface area (Å²) in [5.41, 5.74) is 1.27. The Morgan fingerprint density at radius 1 is 1.11 bits per heavy atom. The van der Waals surface area contributed by atoms with Crippen LogP contribution in [0.1, 0.15) is 39.3 Å². The normalized spacial score (nSPS) is 12.7. The van der Waals surface area contributed by atoms with Crippen LogP contribution in [0.4, 0.5) is 0 Å². The van der Waals surface area contributed by atoms with Gasteiger partial charge in [-0.1, -0.05) is 12.1 Å². The van der Waals surface area contributed by atoms with Crippen LogP contribution in [0.2, 0.25) is 0 Å². The summed E-state index contributed by atoms with van der Waals surface area (Å²) in [6, 6.07) is 8.59. The third-order valence-corrected chi connectivity index (χ3v) is 2.65. The summed E-state index contributed by atoms with van der Waals surface area (Å²) in [7, 11) is 0. The number of rotatable bonds is 8. The van der Waals surface area contributed by atoms with Gasteiger partial charge in [0.25, 0.3) is 0 Å². The number of nitrogens with one attached hydrogen (secondary N) is 1. The van der Waals surface area contributed by atoms with Crippen LogP contribution >= 0.6 is 0 Å². The molecular formula is C15H25NO2. The predicted octanol–water partition coefficient (Wildman–Crippen LogP) is 3.16. The molecule has 0 aromatic heterocycles. The molecular weight excluding hydrogens is 226 g/mol. The summed E-state index contributed by atoms with van der Waals surface area (Å²) in [6.45, 7) is 10.6. The summed E-state index contributed by atoms with van der Waals surface area (Å²) in [6.07, 6.45) is 0.220. The van der Waals surface area contributed by atoms with Gasteiger partial charge in [-0.15, -0.1) is 0 Å². The highest BCUT2D eigenvalue weighted by Crippen LogP contribution is 2.18. The van der Waals surface area contributed by atoms with Gasteiger partial charge in [0.2, 0.25) is 0 Å². The molecule has 0 aliphatic carbocycles. The second-order valence-electron chi connectivity index (χ2n) is 4.61. The molecule has 1 rings (SSSR count). The highest BCUT2D eigenvalue weighted by molar-refractivity contribution is 5.29. The minimum absolute atomic E-state index is 0.220. The number of hydrogen-bond donors (Lipinski definition) is 1. The first-order valence-electron chi connectivity index (χ1n) is 6.71. The molecule has 18 heavy (non-hydrogen) atoms. The maximum Gasteiger partial charge on any atom is 0.119 e. The summed E-state index contributed by atoms with van der Waals surface area (Å²) in [5.74, 6) is 0.926. The molecule has 102 valence electrons. The molecule has 0 aliphatic rings. The van der Waals surface area contributed by atoms with E-state index in [0.717, 1.165) is 25.5 Å². The van der Waals surface area contributed by atoms with E-state index < -0.39 is 0 Å². The zero-order valence-corrected chi connectivity index (χ0v) is 11.9. The van der Waals surface area contributed by atoms with Gasteiger partial charge in [0, 0.05) is 19.2 Å². The summed E-state index contributed by atoms with van der Waals surface area (Å²) >= 11 is 0. The van der Waals surface area contributed by atoms with Crippen LogP contribution < -0.4 is 10.1 Å². The molecule has 0 saturated carbocycles. The lowest BCUT2D eigenvalue weighted by Gasteiger charge is -2.15. The molecule has 0 aliphatic heterocycles. The second-order valence-corrected chi connectivity index (χ2v) is 4.61. The monoisotopic (exact) mass is 251 g/mol. The van der Waals surface area contributed by atoms with E-state index in [9.17, 15) is 0 Å². The first-order chi connectivity index (χ1) is 8.63. The topological polar surface area (TPSA) is 30.5 Å². The average Bonchev–Trinajstić information content (AvgIpc) is 2.34. The lowest BCUT2D eigenvalue weighted by atomic mass is 10.1. The van der Waals surface area contributed by atoms with Crippen LogP contribution in [-0.2, 0) is 4.74 Å². The zero-order chi connectivity index (χ0) is 13.4. The molecule has 3 nitrogen and oxygen atoms in total. The molecule has 0 amide bonds. The Balaban J connectivity index is 2.41. The minimum atomic E-state index is 0.220. The van der Waals surface area contributed by atoms with Crippen LogP contribution in [-0.4, -0.2) is 25.9 Å². The van der Waals surface area contributed by atoms with Crippen LogP contribution in [0.15, 0.2) is 24.3 Å².